The summed E-state index contributed by atoms with van der Waals surface area (Å²) in [5.41, 5.74) is 0.393. The van der Waals surface area contributed by atoms with Gasteiger partial charge in [0.15, 0.2) is 0 Å². The Labute approximate surface area is 205 Å². The Bertz CT molecular complexity index is 1020. The third-order valence-corrected chi connectivity index (χ3v) is 5.75. The molecule has 10 heteroatoms. The number of aliphatic imine (C=N–C) groups is 1. The van der Waals surface area contributed by atoms with Crippen LogP contribution in [0.3, 0.4) is 0 Å². The van der Waals surface area contributed by atoms with E-state index in [2.05, 4.69) is 29.1 Å². The molecule has 1 aliphatic rings. The van der Waals surface area contributed by atoms with E-state index in [-0.39, 0.29) is 28.2 Å². The van der Waals surface area contributed by atoms with E-state index in [1.54, 1.807) is 19.3 Å². The average Bonchev–Trinajstić information content (AvgIpc) is 2.86. The fourth-order valence-corrected chi connectivity index (χ4v) is 3.92. The Kier molecular flexibility index (Phi) is 10.4. The molecule has 1 heterocycles. The van der Waals surface area contributed by atoms with Crippen LogP contribution in [0.15, 0.2) is 51.9 Å². The SMILES string of the molecule is CCCCN(C=NC1=C(C(=O)OC)C(c2ccccc2[N+](=O)[O-])C(C(=O)OC)=C(C)N1)CCCC. The molecule has 1 aromatic carbocycles. The minimum absolute atomic E-state index is 0.00465. The van der Waals surface area contributed by atoms with Crippen molar-refractivity contribution in [3.63, 3.8) is 0 Å². The summed E-state index contributed by atoms with van der Waals surface area (Å²) in [7, 11) is 2.43. The Hall–Kier alpha value is -3.69. The number of dihydropyridines is 1. The summed E-state index contributed by atoms with van der Waals surface area (Å²) in [4.78, 5) is 43.8. The molecule has 1 atom stereocenters. The van der Waals surface area contributed by atoms with Gasteiger partial charge in [-0.15, -0.1) is 0 Å². The van der Waals surface area contributed by atoms with E-state index in [9.17, 15) is 19.7 Å². The maximum absolute atomic E-state index is 13.0. The molecule has 0 aliphatic carbocycles. The second-order valence-corrected chi connectivity index (χ2v) is 8.15. The molecule has 0 amide bonds. The molecule has 2 rings (SSSR count). The van der Waals surface area contributed by atoms with Crippen LogP contribution in [0.4, 0.5) is 5.69 Å². The van der Waals surface area contributed by atoms with Gasteiger partial charge in [-0.05, 0) is 19.8 Å². The summed E-state index contributed by atoms with van der Waals surface area (Å²) in [6.07, 6.45) is 5.68. The third-order valence-electron chi connectivity index (χ3n) is 5.75. The van der Waals surface area contributed by atoms with Crippen molar-refractivity contribution in [3.05, 3.63) is 62.6 Å². The number of nitro groups is 1. The number of carbonyl (C=O) groups excluding carboxylic acids is 2. The molecule has 0 radical (unpaired) electrons. The van der Waals surface area contributed by atoms with Crippen molar-refractivity contribution < 1.29 is 24.0 Å². The zero-order valence-corrected chi connectivity index (χ0v) is 21.0. The number of allylic oxidation sites excluding steroid dienone is 1. The lowest BCUT2D eigenvalue weighted by molar-refractivity contribution is -0.385. The smallest absolute Gasteiger partial charge is 0.338 e. The van der Waals surface area contributed by atoms with E-state index in [0.717, 1.165) is 38.8 Å². The van der Waals surface area contributed by atoms with Gasteiger partial charge in [-0.3, -0.25) is 10.1 Å². The number of nitrogens with one attached hydrogen (secondary N) is 1. The highest BCUT2D eigenvalue weighted by Gasteiger charge is 2.41. The molecular weight excluding hydrogens is 452 g/mol. The molecule has 1 aliphatic heterocycles. The monoisotopic (exact) mass is 486 g/mol. The van der Waals surface area contributed by atoms with Crippen molar-refractivity contribution in [1.82, 2.24) is 10.2 Å². The number of para-hydroxylation sites is 1. The van der Waals surface area contributed by atoms with Crippen LogP contribution in [0, 0.1) is 10.1 Å². The van der Waals surface area contributed by atoms with Crippen molar-refractivity contribution in [2.75, 3.05) is 27.3 Å². The number of carbonyl (C=O) groups is 2. The highest BCUT2D eigenvalue weighted by molar-refractivity contribution is 6.00. The molecule has 35 heavy (non-hydrogen) atoms. The topological polar surface area (TPSA) is 123 Å². The van der Waals surface area contributed by atoms with Crippen LogP contribution in [0.25, 0.3) is 0 Å². The molecule has 0 spiro atoms. The first-order valence-electron chi connectivity index (χ1n) is 11.7. The zero-order valence-electron chi connectivity index (χ0n) is 21.0. The number of nitrogens with zero attached hydrogens (tertiary/aromatic N) is 3. The molecule has 0 aromatic heterocycles. The van der Waals surface area contributed by atoms with Crippen LogP contribution >= 0.6 is 0 Å². The van der Waals surface area contributed by atoms with Gasteiger partial charge >= 0.3 is 11.9 Å². The van der Waals surface area contributed by atoms with Gasteiger partial charge in [-0.1, -0.05) is 44.9 Å². The maximum atomic E-state index is 13.0. The van der Waals surface area contributed by atoms with Gasteiger partial charge < -0.3 is 19.7 Å². The van der Waals surface area contributed by atoms with E-state index in [4.69, 9.17) is 9.47 Å². The lowest BCUT2D eigenvalue weighted by Crippen LogP contribution is -2.33. The second-order valence-electron chi connectivity index (χ2n) is 8.15. The van der Waals surface area contributed by atoms with Crippen LogP contribution < -0.4 is 5.32 Å². The van der Waals surface area contributed by atoms with Crippen LogP contribution in [0.5, 0.6) is 0 Å². The minimum atomic E-state index is -1.11. The Morgan fingerprint density at radius 3 is 2.20 bits per heavy atom. The van der Waals surface area contributed by atoms with Crippen molar-refractivity contribution in [2.45, 2.75) is 52.4 Å². The fourth-order valence-electron chi connectivity index (χ4n) is 3.92. The average molecular weight is 487 g/mol. The minimum Gasteiger partial charge on any atom is -0.466 e. The van der Waals surface area contributed by atoms with Gasteiger partial charge in [0.25, 0.3) is 5.69 Å². The van der Waals surface area contributed by atoms with Crippen LogP contribution in [-0.2, 0) is 19.1 Å². The molecule has 10 nitrogen and oxygen atoms in total. The number of ether oxygens (including phenoxy) is 2. The molecule has 0 saturated heterocycles. The van der Waals surface area contributed by atoms with Gasteiger partial charge in [-0.25, -0.2) is 14.6 Å². The molecule has 190 valence electrons. The van der Waals surface area contributed by atoms with Crippen molar-refractivity contribution in [3.8, 4) is 0 Å². The molecule has 0 saturated carbocycles. The highest BCUT2D eigenvalue weighted by Crippen LogP contribution is 2.42. The van der Waals surface area contributed by atoms with E-state index in [1.165, 1.54) is 32.4 Å². The highest BCUT2D eigenvalue weighted by atomic mass is 16.6. The Morgan fingerprint density at radius 1 is 1.09 bits per heavy atom. The molecule has 0 fully saturated rings. The first kappa shape index (κ1) is 27.6. The summed E-state index contributed by atoms with van der Waals surface area (Å²) in [6, 6.07) is 5.99. The summed E-state index contributed by atoms with van der Waals surface area (Å²) in [5, 5.41) is 14.9. The van der Waals surface area contributed by atoms with Crippen LogP contribution in [0.2, 0.25) is 0 Å². The van der Waals surface area contributed by atoms with E-state index < -0.39 is 22.8 Å². The lowest BCUT2D eigenvalue weighted by atomic mass is 9.80. The molecular formula is C25H34N4O6. The largest absolute Gasteiger partial charge is 0.466 e. The number of hydrogen-bond donors (Lipinski definition) is 1. The van der Waals surface area contributed by atoms with Crippen molar-refractivity contribution >= 4 is 24.0 Å². The van der Waals surface area contributed by atoms with E-state index in [1.807, 2.05) is 0 Å². The van der Waals surface area contributed by atoms with Gasteiger partial charge in [0.2, 0.25) is 0 Å². The van der Waals surface area contributed by atoms with Crippen molar-refractivity contribution in [2.24, 2.45) is 4.99 Å². The summed E-state index contributed by atoms with van der Waals surface area (Å²) in [5.74, 6) is -2.40. The molecule has 1 unspecified atom stereocenters. The lowest BCUT2D eigenvalue weighted by Gasteiger charge is -2.29. The van der Waals surface area contributed by atoms with Crippen LogP contribution in [-0.4, -0.2) is 55.4 Å². The summed E-state index contributed by atoms with van der Waals surface area (Å²) >= 11 is 0. The summed E-state index contributed by atoms with van der Waals surface area (Å²) in [6.45, 7) is 7.46. The maximum Gasteiger partial charge on any atom is 0.338 e. The van der Waals surface area contributed by atoms with Gasteiger partial charge in [-0.2, -0.15) is 0 Å². The van der Waals surface area contributed by atoms with E-state index >= 15 is 0 Å². The molecule has 1 N–H and O–H groups in total. The van der Waals surface area contributed by atoms with Gasteiger partial charge in [0, 0.05) is 30.4 Å². The number of esters is 2. The number of unbranched alkanes of at least 4 members (excludes halogenated alkanes) is 2. The van der Waals surface area contributed by atoms with Crippen molar-refractivity contribution in [1.29, 1.82) is 0 Å². The molecule has 1 aromatic rings. The number of rotatable bonds is 12. The number of methoxy groups -OCH3 is 2. The molecule has 0 bridgehead atoms. The van der Waals surface area contributed by atoms with Crippen LogP contribution in [0.1, 0.15) is 57.9 Å². The summed E-state index contributed by atoms with van der Waals surface area (Å²) < 4.78 is 10.0. The normalized spacial score (nSPS) is 15.7. The predicted molar refractivity (Wildman–Crippen MR) is 133 cm³/mol. The van der Waals surface area contributed by atoms with Gasteiger partial charge in [0.05, 0.1) is 42.5 Å². The Morgan fingerprint density at radius 2 is 1.66 bits per heavy atom. The number of benzene rings is 1. The Balaban J connectivity index is 2.73. The predicted octanol–water partition coefficient (Wildman–Crippen LogP) is 4.04. The first-order valence-corrected chi connectivity index (χ1v) is 11.7. The first-order chi connectivity index (χ1) is 16.8. The van der Waals surface area contributed by atoms with Gasteiger partial charge in [0.1, 0.15) is 5.82 Å². The zero-order chi connectivity index (χ0) is 26.0. The fraction of sp³-hybridized carbons (Fsp3) is 0.480. The number of nitro benzene ring substituents is 1. The third kappa shape index (κ3) is 6.68. The quantitative estimate of drug-likeness (QED) is 0.154. The standard InChI is InChI=1S/C25H34N4O6/c1-6-8-14-28(15-9-7-2)16-26-23-22(25(31)35-5)21(20(17(3)27-23)24(30)34-4)18-12-10-11-13-19(18)29(32)33/h10-13,16,21,27H,6-9,14-15H2,1-5H3. The second kappa shape index (κ2) is 13.3. The van der Waals surface area contributed by atoms with E-state index in [0.29, 0.717) is 5.70 Å². The number of hydrogen-bond acceptors (Lipinski definition) is 8.